The van der Waals surface area contributed by atoms with Crippen LogP contribution in [0.3, 0.4) is 0 Å². The van der Waals surface area contributed by atoms with E-state index in [1.165, 1.54) is 5.56 Å². The van der Waals surface area contributed by atoms with E-state index in [0.29, 0.717) is 0 Å². The van der Waals surface area contributed by atoms with E-state index in [4.69, 9.17) is 11.6 Å². The molecule has 0 amide bonds. The van der Waals surface area contributed by atoms with Crippen LogP contribution >= 0.6 is 11.6 Å². The fraction of sp³-hybridized carbons (Fsp3) is 0.308. The highest BCUT2D eigenvalue weighted by Gasteiger charge is 1.98. The molecule has 0 saturated heterocycles. The van der Waals surface area contributed by atoms with E-state index < -0.39 is 0 Å². The van der Waals surface area contributed by atoms with Crippen molar-refractivity contribution in [1.82, 2.24) is 9.78 Å². The second-order valence-electron chi connectivity index (χ2n) is 4.17. The summed E-state index contributed by atoms with van der Waals surface area (Å²) < 4.78 is 1.93. The van der Waals surface area contributed by atoms with E-state index >= 15 is 0 Å². The van der Waals surface area contributed by atoms with Crippen LogP contribution in [-0.2, 0) is 6.54 Å². The molecule has 0 spiro atoms. The SMILES string of the molecule is Cc1cnn(CCNc2ccc(C)c(Cl)c2)c1. The van der Waals surface area contributed by atoms with Crippen LogP contribution in [0, 0.1) is 13.8 Å². The number of anilines is 1. The van der Waals surface area contributed by atoms with Crippen molar-refractivity contribution in [3.8, 4) is 0 Å². The molecule has 0 aliphatic carbocycles. The lowest BCUT2D eigenvalue weighted by Crippen LogP contribution is -2.10. The first kappa shape index (κ1) is 12.0. The van der Waals surface area contributed by atoms with Crippen LogP contribution in [0.15, 0.2) is 30.6 Å². The van der Waals surface area contributed by atoms with Crippen LogP contribution in [0.25, 0.3) is 0 Å². The van der Waals surface area contributed by atoms with Crippen molar-refractivity contribution in [3.05, 3.63) is 46.7 Å². The molecule has 90 valence electrons. The van der Waals surface area contributed by atoms with Crippen LogP contribution in [-0.4, -0.2) is 16.3 Å². The zero-order valence-electron chi connectivity index (χ0n) is 10.1. The lowest BCUT2D eigenvalue weighted by atomic mass is 10.2. The van der Waals surface area contributed by atoms with E-state index in [0.717, 1.165) is 29.4 Å². The van der Waals surface area contributed by atoms with Gasteiger partial charge in [-0.1, -0.05) is 17.7 Å². The van der Waals surface area contributed by atoms with Gasteiger partial charge in [-0.25, -0.2) is 0 Å². The van der Waals surface area contributed by atoms with E-state index in [9.17, 15) is 0 Å². The maximum absolute atomic E-state index is 6.06. The molecular weight excluding hydrogens is 234 g/mol. The molecule has 3 nitrogen and oxygen atoms in total. The van der Waals surface area contributed by atoms with Gasteiger partial charge in [0.1, 0.15) is 0 Å². The second-order valence-corrected chi connectivity index (χ2v) is 4.58. The van der Waals surface area contributed by atoms with Gasteiger partial charge in [0, 0.05) is 23.5 Å². The first-order chi connectivity index (χ1) is 8.15. The lowest BCUT2D eigenvalue weighted by Gasteiger charge is -2.08. The molecule has 1 aromatic carbocycles. The Bertz CT molecular complexity index is 505. The fourth-order valence-electron chi connectivity index (χ4n) is 1.61. The standard InChI is InChI=1S/C13H16ClN3/c1-10-8-16-17(9-10)6-5-15-12-4-3-11(2)13(14)7-12/h3-4,7-9,15H,5-6H2,1-2H3. The summed E-state index contributed by atoms with van der Waals surface area (Å²) in [6, 6.07) is 6.00. The molecule has 0 atom stereocenters. The topological polar surface area (TPSA) is 29.9 Å². The molecular formula is C13H16ClN3. The monoisotopic (exact) mass is 249 g/mol. The Labute approximate surface area is 106 Å². The highest BCUT2D eigenvalue weighted by Crippen LogP contribution is 2.19. The zero-order valence-corrected chi connectivity index (χ0v) is 10.8. The van der Waals surface area contributed by atoms with Gasteiger partial charge in [0.25, 0.3) is 0 Å². The van der Waals surface area contributed by atoms with Gasteiger partial charge in [-0.2, -0.15) is 5.10 Å². The second kappa shape index (κ2) is 5.23. The Hall–Kier alpha value is -1.48. The normalized spacial score (nSPS) is 10.5. The summed E-state index contributed by atoms with van der Waals surface area (Å²) in [5.41, 5.74) is 3.33. The van der Waals surface area contributed by atoms with Gasteiger partial charge in [-0.15, -0.1) is 0 Å². The Morgan fingerprint density at radius 3 is 2.82 bits per heavy atom. The molecule has 1 heterocycles. The molecule has 1 N–H and O–H groups in total. The minimum atomic E-state index is 0.796. The number of aromatic nitrogens is 2. The summed E-state index contributed by atoms with van der Waals surface area (Å²) in [7, 11) is 0. The summed E-state index contributed by atoms with van der Waals surface area (Å²) in [5.74, 6) is 0. The number of halogens is 1. The predicted molar refractivity (Wildman–Crippen MR) is 71.6 cm³/mol. The minimum absolute atomic E-state index is 0.796. The van der Waals surface area contributed by atoms with Crippen molar-refractivity contribution in [1.29, 1.82) is 0 Å². The van der Waals surface area contributed by atoms with Gasteiger partial charge < -0.3 is 5.32 Å². The number of nitrogens with zero attached hydrogens (tertiary/aromatic N) is 2. The van der Waals surface area contributed by atoms with Gasteiger partial charge >= 0.3 is 0 Å². The number of hydrogen-bond acceptors (Lipinski definition) is 2. The third kappa shape index (κ3) is 3.24. The molecule has 0 aliphatic heterocycles. The van der Waals surface area contributed by atoms with Crippen molar-refractivity contribution >= 4 is 17.3 Å². The molecule has 17 heavy (non-hydrogen) atoms. The Kier molecular flexibility index (Phi) is 3.69. The van der Waals surface area contributed by atoms with Crippen molar-refractivity contribution in [2.24, 2.45) is 0 Å². The van der Waals surface area contributed by atoms with Crippen molar-refractivity contribution in [2.45, 2.75) is 20.4 Å². The van der Waals surface area contributed by atoms with Gasteiger partial charge in [0.15, 0.2) is 0 Å². The Morgan fingerprint density at radius 2 is 2.18 bits per heavy atom. The third-order valence-corrected chi connectivity index (χ3v) is 3.01. The van der Waals surface area contributed by atoms with Gasteiger partial charge in [-0.05, 0) is 37.1 Å². The molecule has 4 heteroatoms. The van der Waals surface area contributed by atoms with E-state index in [1.807, 2.05) is 49.1 Å². The predicted octanol–water partition coefficient (Wildman–Crippen LogP) is 3.27. The fourth-order valence-corrected chi connectivity index (χ4v) is 1.79. The van der Waals surface area contributed by atoms with Crippen molar-refractivity contribution < 1.29 is 0 Å². The summed E-state index contributed by atoms with van der Waals surface area (Å²) in [6.07, 6.45) is 3.90. The Morgan fingerprint density at radius 1 is 1.35 bits per heavy atom. The summed E-state index contributed by atoms with van der Waals surface area (Å²) in [4.78, 5) is 0. The van der Waals surface area contributed by atoms with Crippen LogP contribution in [0.2, 0.25) is 5.02 Å². The van der Waals surface area contributed by atoms with Crippen LogP contribution < -0.4 is 5.32 Å². The zero-order chi connectivity index (χ0) is 12.3. The summed E-state index contributed by atoms with van der Waals surface area (Å²) in [6.45, 7) is 5.72. The summed E-state index contributed by atoms with van der Waals surface area (Å²) >= 11 is 6.06. The number of aryl methyl sites for hydroxylation is 2. The minimum Gasteiger partial charge on any atom is -0.383 e. The van der Waals surface area contributed by atoms with Crippen LogP contribution in [0.4, 0.5) is 5.69 Å². The van der Waals surface area contributed by atoms with E-state index in [-0.39, 0.29) is 0 Å². The molecule has 0 saturated carbocycles. The molecule has 0 unspecified atom stereocenters. The molecule has 1 aromatic heterocycles. The van der Waals surface area contributed by atoms with Gasteiger partial charge in [0.05, 0.1) is 12.7 Å². The molecule has 0 bridgehead atoms. The average molecular weight is 250 g/mol. The van der Waals surface area contributed by atoms with Gasteiger partial charge in [-0.3, -0.25) is 4.68 Å². The molecule has 2 rings (SSSR count). The Balaban J connectivity index is 1.87. The van der Waals surface area contributed by atoms with Crippen molar-refractivity contribution in [3.63, 3.8) is 0 Å². The van der Waals surface area contributed by atoms with Crippen LogP contribution in [0.1, 0.15) is 11.1 Å². The van der Waals surface area contributed by atoms with E-state index in [2.05, 4.69) is 10.4 Å². The average Bonchev–Trinajstić information content (AvgIpc) is 2.70. The smallest absolute Gasteiger partial charge is 0.0582 e. The quantitative estimate of drug-likeness (QED) is 0.901. The first-order valence-corrected chi connectivity index (χ1v) is 6.02. The van der Waals surface area contributed by atoms with Crippen molar-refractivity contribution in [2.75, 3.05) is 11.9 Å². The summed E-state index contributed by atoms with van der Waals surface area (Å²) in [5, 5.41) is 8.35. The molecule has 0 fully saturated rings. The maximum atomic E-state index is 6.06. The molecule has 0 radical (unpaired) electrons. The lowest BCUT2D eigenvalue weighted by molar-refractivity contribution is 0.637. The van der Waals surface area contributed by atoms with Crippen LogP contribution in [0.5, 0.6) is 0 Å². The molecule has 2 aromatic rings. The maximum Gasteiger partial charge on any atom is 0.0582 e. The number of benzene rings is 1. The number of hydrogen-bond donors (Lipinski definition) is 1. The highest BCUT2D eigenvalue weighted by molar-refractivity contribution is 6.31. The molecule has 0 aliphatic rings. The first-order valence-electron chi connectivity index (χ1n) is 5.64. The largest absolute Gasteiger partial charge is 0.383 e. The third-order valence-electron chi connectivity index (χ3n) is 2.60. The highest BCUT2D eigenvalue weighted by atomic mass is 35.5. The van der Waals surface area contributed by atoms with E-state index in [1.54, 1.807) is 0 Å². The van der Waals surface area contributed by atoms with Gasteiger partial charge in [0.2, 0.25) is 0 Å². The number of rotatable bonds is 4. The number of nitrogens with one attached hydrogen (secondary N) is 1.